The lowest BCUT2D eigenvalue weighted by atomic mass is 10.1. The first-order valence-corrected chi connectivity index (χ1v) is 7.98. The van der Waals surface area contributed by atoms with Gasteiger partial charge in [0, 0.05) is 23.7 Å². The maximum absolute atomic E-state index is 12.1. The molecule has 0 radical (unpaired) electrons. The summed E-state index contributed by atoms with van der Waals surface area (Å²) >= 11 is 0. The molecule has 2 aromatic carbocycles. The summed E-state index contributed by atoms with van der Waals surface area (Å²) in [5.74, 6) is 0.864. The molecule has 0 spiro atoms. The van der Waals surface area contributed by atoms with Crippen LogP contribution in [0.5, 0.6) is 5.75 Å². The van der Waals surface area contributed by atoms with Gasteiger partial charge in [-0.25, -0.2) is 0 Å². The third kappa shape index (κ3) is 4.13. The van der Waals surface area contributed by atoms with E-state index in [0.717, 1.165) is 29.8 Å². The highest BCUT2D eigenvalue weighted by molar-refractivity contribution is 5.94. The molecule has 0 bridgehead atoms. The maximum Gasteiger partial charge on any atom is 0.251 e. The summed E-state index contributed by atoms with van der Waals surface area (Å²) in [6.45, 7) is 0.432. The third-order valence-corrected chi connectivity index (χ3v) is 3.97. The van der Waals surface area contributed by atoms with Gasteiger partial charge in [-0.3, -0.25) is 9.59 Å². The Kier molecular flexibility index (Phi) is 4.79. The molecule has 2 aromatic rings. The zero-order valence-corrected chi connectivity index (χ0v) is 13.5. The molecule has 1 aliphatic carbocycles. The van der Waals surface area contributed by atoms with Gasteiger partial charge in [-0.1, -0.05) is 12.1 Å². The van der Waals surface area contributed by atoms with Gasteiger partial charge in [-0.15, -0.1) is 0 Å². The molecule has 0 aliphatic heterocycles. The van der Waals surface area contributed by atoms with E-state index in [1.54, 1.807) is 31.4 Å². The number of hydrogen-bond acceptors (Lipinski definition) is 3. The Morgan fingerprint density at radius 1 is 1.04 bits per heavy atom. The van der Waals surface area contributed by atoms with Crippen molar-refractivity contribution < 1.29 is 14.3 Å². The minimum absolute atomic E-state index is 0.0931. The molecule has 0 saturated heterocycles. The second-order valence-corrected chi connectivity index (χ2v) is 5.87. The quantitative estimate of drug-likeness (QED) is 0.858. The molecule has 5 heteroatoms. The highest BCUT2D eigenvalue weighted by atomic mass is 16.5. The minimum Gasteiger partial charge on any atom is -0.497 e. The normalized spacial score (nSPS) is 13.2. The molecule has 1 fully saturated rings. The van der Waals surface area contributed by atoms with E-state index in [2.05, 4.69) is 10.6 Å². The summed E-state index contributed by atoms with van der Waals surface area (Å²) in [7, 11) is 1.59. The Morgan fingerprint density at radius 3 is 2.29 bits per heavy atom. The molecule has 5 nitrogen and oxygen atoms in total. The lowest BCUT2D eigenvalue weighted by molar-refractivity contribution is -0.117. The fourth-order valence-electron chi connectivity index (χ4n) is 2.32. The third-order valence-electron chi connectivity index (χ3n) is 3.97. The van der Waals surface area contributed by atoms with Gasteiger partial charge in [0.15, 0.2) is 0 Å². The number of anilines is 1. The number of carbonyl (C=O) groups excluding carboxylic acids is 2. The van der Waals surface area contributed by atoms with Crippen molar-refractivity contribution in [2.75, 3.05) is 12.4 Å². The Morgan fingerprint density at radius 2 is 1.71 bits per heavy atom. The van der Waals surface area contributed by atoms with E-state index in [0.29, 0.717) is 12.1 Å². The van der Waals surface area contributed by atoms with Crippen LogP contribution in [0.1, 0.15) is 28.8 Å². The van der Waals surface area contributed by atoms with E-state index in [-0.39, 0.29) is 17.7 Å². The van der Waals surface area contributed by atoms with Crippen molar-refractivity contribution in [3.63, 3.8) is 0 Å². The summed E-state index contributed by atoms with van der Waals surface area (Å²) in [5, 5.41) is 5.77. The Hall–Kier alpha value is -2.82. The first-order chi connectivity index (χ1) is 11.7. The topological polar surface area (TPSA) is 67.4 Å². The second-order valence-electron chi connectivity index (χ2n) is 5.87. The van der Waals surface area contributed by atoms with Gasteiger partial charge < -0.3 is 15.4 Å². The molecule has 0 heterocycles. The standard InChI is InChI=1S/C19H20N2O3/c1-24-17-10-6-14(7-11-17)18(22)20-12-13-2-8-16(9-3-13)21-19(23)15-4-5-15/h2-3,6-11,15H,4-5,12H2,1H3,(H,20,22)(H,21,23). The number of ether oxygens (including phenoxy) is 1. The van der Waals surface area contributed by atoms with Crippen molar-refractivity contribution in [2.24, 2.45) is 5.92 Å². The van der Waals surface area contributed by atoms with Crippen molar-refractivity contribution in [3.8, 4) is 5.75 Å². The lowest BCUT2D eigenvalue weighted by Crippen LogP contribution is -2.22. The van der Waals surface area contributed by atoms with Crippen molar-refractivity contribution in [1.29, 1.82) is 0 Å². The number of carbonyl (C=O) groups is 2. The summed E-state index contributed by atoms with van der Waals surface area (Å²) in [6.07, 6.45) is 1.97. The molecular formula is C19H20N2O3. The van der Waals surface area contributed by atoms with Crippen molar-refractivity contribution >= 4 is 17.5 Å². The second kappa shape index (κ2) is 7.17. The summed E-state index contributed by atoms with van der Waals surface area (Å²) in [5.41, 5.74) is 2.35. The lowest BCUT2D eigenvalue weighted by Gasteiger charge is -2.08. The van der Waals surface area contributed by atoms with Crippen LogP contribution < -0.4 is 15.4 Å². The zero-order valence-electron chi connectivity index (χ0n) is 13.5. The molecule has 2 N–H and O–H groups in total. The van der Waals surface area contributed by atoms with Gasteiger partial charge in [-0.05, 0) is 54.8 Å². The minimum atomic E-state index is -0.135. The summed E-state index contributed by atoms with van der Waals surface area (Å²) in [6, 6.07) is 14.5. The van der Waals surface area contributed by atoms with Crippen LogP contribution in [-0.4, -0.2) is 18.9 Å². The molecule has 0 unspecified atom stereocenters. The van der Waals surface area contributed by atoms with Gasteiger partial charge in [0.05, 0.1) is 7.11 Å². The van der Waals surface area contributed by atoms with Crippen LogP contribution in [0.3, 0.4) is 0 Å². The largest absolute Gasteiger partial charge is 0.497 e. The van der Waals surface area contributed by atoms with E-state index in [4.69, 9.17) is 4.74 Å². The summed E-state index contributed by atoms with van der Waals surface area (Å²) in [4.78, 5) is 23.8. The van der Waals surface area contributed by atoms with Crippen molar-refractivity contribution in [2.45, 2.75) is 19.4 Å². The highest BCUT2D eigenvalue weighted by Crippen LogP contribution is 2.30. The number of nitrogens with one attached hydrogen (secondary N) is 2. The smallest absolute Gasteiger partial charge is 0.251 e. The van der Waals surface area contributed by atoms with Crippen molar-refractivity contribution in [3.05, 3.63) is 59.7 Å². The van der Waals surface area contributed by atoms with Crippen LogP contribution >= 0.6 is 0 Å². The van der Waals surface area contributed by atoms with E-state index < -0.39 is 0 Å². The van der Waals surface area contributed by atoms with E-state index in [1.165, 1.54) is 0 Å². The van der Waals surface area contributed by atoms with Crippen LogP contribution in [0.2, 0.25) is 0 Å². The molecule has 2 amide bonds. The van der Waals surface area contributed by atoms with Crippen LogP contribution in [-0.2, 0) is 11.3 Å². The van der Waals surface area contributed by atoms with Gasteiger partial charge >= 0.3 is 0 Å². The Labute approximate surface area is 141 Å². The average molecular weight is 324 g/mol. The Balaban J connectivity index is 1.51. The molecule has 24 heavy (non-hydrogen) atoms. The Bertz CT molecular complexity index is 719. The number of amides is 2. The average Bonchev–Trinajstić information content (AvgIpc) is 3.46. The predicted octanol–water partition coefficient (Wildman–Crippen LogP) is 2.97. The first-order valence-electron chi connectivity index (χ1n) is 7.98. The molecule has 0 atom stereocenters. The maximum atomic E-state index is 12.1. The number of methoxy groups -OCH3 is 1. The number of rotatable bonds is 6. The summed E-state index contributed by atoms with van der Waals surface area (Å²) < 4.78 is 5.07. The van der Waals surface area contributed by atoms with Gasteiger partial charge in [0.2, 0.25) is 5.91 Å². The van der Waals surface area contributed by atoms with E-state index in [9.17, 15) is 9.59 Å². The zero-order chi connectivity index (χ0) is 16.9. The number of benzene rings is 2. The van der Waals surface area contributed by atoms with Crippen LogP contribution in [0.4, 0.5) is 5.69 Å². The molecule has 1 aliphatic rings. The van der Waals surface area contributed by atoms with Gasteiger partial charge in [0.1, 0.15) is 5.75 Å². The van der Waals surface area contributed by atoms with E-state index >= 15 is 0 Å². The molecule has 124 valence electrons. The van der Waals surface area contributed by atoms with Crippen molar-refractivity contribution in [1.82, 2.24) is 5.32 Å². The SMILES string of the molecule is COc1ccc(C(=O)NCc2ccc(NC(=O)C3CC3)cc2)cc1. The molecular weight excluding hydrogens is 304 g/mol. The monoisotopic (exact) mass is 324 g/mol. The van der Waals surface area contributed by atoms with E-state index in [1.807, 2.05) is 24.3 Å². The predicted molar refractivity (Wildman–Crippen MR) is 92.0 cm³/mol. The molecule has 0 aromatic heterocycles. The highest BCUT2D eigenvalue weighted by Gasteiger charge is 2.29. The first kappa shape index (κ1) is 16.1. The van der Waals surface area contributed by atoms with Crippen LogP contribution in [0, 0.1) is 5.92 Å². The molecule has 1 saturated carbocycles. The fourth-order valence-corrected chi connectivity index (χ4v) is 2.32. The van der Waals surface area contributed by atoms with Crippen LogP contribution in [0.15, 0.2) is 48.5 Å². The van der Waals surface area contributed by atoms with Crippen LogP contribution in [0.25, 0.3) is 0 Å². The fraction of sp³-hybridized carbons (Fsp3) is 0.263. The number of hydrogen-bond donors (Lipinski definition) is 2. The van der Waals surface area contributed by atoms with Gasteiger partial charge in [0.25, 0.3) is 5.91 Å². The van der Waals surface area contributed by atoms with Gasteiger partial charge in [-0.2, -0.15) is 0 Å². The molecule has 3 rings (SSSR count).